The molecule has 0 aliphatic heterocycles. The van der Waals surface area contributed by atoms with Crippen LogP contribution in [0.2, 0.25) is 0 Å². The molecule has 0 fully saturated rings. The second-order valence-corrected chi connectivity index (χ2v) is 5.16. The van der Waals surface area contributed by atoms with Crippen molar-refractivity contribution in [1.29, 1.82) is 0 Å². The minimum Gasteiger partial charge on any atom is -0.349 e. The highest BCUT2D eigenvalue weighted by Crippen LogP contribution is 2.21. The molecule has 0 radical (unpaired) electrons. The third-order valence-electron chi connectivity index (χ3n) is 3.48. The summed E-state index contributed by atoms with van der Waals surface area (Å²) in [7, 11) is 0. The van der Waals surface area contributed by atoms with E-state index in [1.807, 2.05) is 0 Å². The van der Waals surface area contributed by atoms with Gasteiger partial charge in [0.05, 0.1) is 11.0 Å². The Balaban J connectivity index is 1.96. The largest absolute Gasteiger partial charge is 0.349 e. The van der Waals surface area contributed by atoms with Gasteiger partial charge in [-0.05, 0) is 24.6 Å². The maximum absolute atomic E-state index is 13.8. The standard InChI is InChI=1S/C15H16F2N4O3/c1-2-14(12-7-10(16)3-4-13(12)17)19-15(22)5-6-20-9-11(8-18-20)21(23)24/h3-4,7-9,14H,2,5-6H2,1H3,(H,19,22). The lowest BCUT2D eigenvalue weighted by molar-refractivity contribution is -0.385. The SMILES string of the molecule is CCC(NC(=O)CCn1cc([N+](=O)[O-])cn1)c1cc(F)ccc1F. The molecule has 1 aromatic heterocycles. The van der Waals surface area contributed by atoms with Crippen molar-refractivity contribution in [3.8, 4) is 0 Å². The van der Waals surface area contributed by atoms with Gasteiger partial charge in [0, 0.05) is 18.5 Å². The highest BCUT2D eigenvalue weighted by Gasteiger charge is 2.17. The lowest BCUT2D eigenvalue weighted by atomic mass is 10.0. The van der Waals surface area contributed by atoms with Crippen LogP contribution in [0.1, 0.15) is 31.4 Å². The first-order valence-corrected chi connectivity index (χ1v) is 7.32. The van der Waals surface area contributed by atoms with Gasteiger partial charge in [-0.3, -0.25) is 19.6 Å². The van der Waals surface area contributed by atoms with E-state index in [2.05, 4.69) is 10.4 Å². The summed E-state index contributed by atoms with van der Waals surface area (Å²) in [5.74, 6) is -1.56. The summed E-state index contributed by atoms with van der Waals surface area (Å²) in [6.45, 7) is 1.88. The summed E-state index contributed by atoms with van der Waals surface area (Å²) in [6.07, 6.45) is 2.71. The Morgan fingerprint density at radius 1 is 1.46 bits per heavy atom. The first-order chi connectivity index (χ1) is 11.4. The molecule has 1 unspecified atom stereocenters. The van der Waals surface area contributed by atoms with Crippen molar-refractivity contribution in [3.05, 3.63) is 57.9 Å². The number of carbonyl (C=O) groups is 1. The average molecular weight is 338 g/mol. The third kappa shape index (κ3) is 4.34. The number of nitrogens with zero attached hydrogens (tertiary/aromatic N) is 3. The number of nitrogens with one attached hydrogen (secondary N) is 1. The molecule has 0 aliphatic rings. The van der Waals surface area contributed by atoms with Crippen molar-refractivity contribution in [2.45, 2.75) is 32.4 Å². The number of benzene rings is 1. The molecular formula is C15H16F2N4O3. The van der Waals surface area contributed by atoms with Crippen LogP contribution in [0.15, 0.2) is 30.6 Å². The number of halogens is 2. The minimum atomic E-state index is -0.653. The van der Waals surface area contributed by atoms with Gasteiger partial charge in [-0.25, -0.2) is 8.78 Å². The summed E-state index contributed by atoms with van der Waals surface area (Å²) in [6, 6.07) is 2.43. The van der Waals surface area contributed by atoms with E-state index < -0.39 is 22.6 Å². The van der Waals surface area contributed by atoms with Gasteiger partial charge in [0.15, 0.2) is 0 Å². The highest BCUT2D eigenvalue weighted by molar-refractivity contribution is 5.76. The molecule has 0 aliphatic carbocycles. The number of hydrogen-bond acceptors (Lipinski definition) is 4. The van der Waals surface area contributed by atoms with Crippen LogP contribution in [0.4, 0.5) is 14.5 Å². The van der Waals surface area contributed by atoms with E-state index in [0.717, 1.165) is 24.4 Å². The Hall–Kier alpha value is -2.84. The predicted molar refractivity (Wildman–Crippen MR) is 81.0 cm³/mol. The normalized spacial score (nSPS) is 12.0. The van der Waals surface area contributed by atoms with Crippen LogP contribution in [0.3, 0.4) is 0 Å². The molecular weight excluding hydrogens is 322 g/mol. The Morgan fingerprint density at radius 3 is 2.83 bits per heavy atom. The molecule has 1 heterocycles. The van der Waals surface area contributed by atoms with E-state index in [-0.39, 0.29) is 30.1 Å². The zero-order valence-corrected chi connectivity index (χ0v) is 12.9. The molecule has 128 valence electrons. The fraction of sp³-hybridized carbons (Fsp3) is 0.333. The summed E-state index contributed by atoms with van der Waals surface area (Å²) in [5.41, 5.74) is -0.0794. The molecule has 7 nitrogen and oxygen atoms in total. The first-order valence-electron chi connectivity index (χ1n) is 7.32. The zero-order chi connectivity index (χ0) is 17.7. The summed E-state index contributed by atoms with van der Waals surface area (Å²) in [5, 5.41) is 17.0. The molecule has 0 spiro atoms. The van der Waals surface area contributed by atoms with E-state index >= 15 is 0 Å². The Bertz CT molecular complexity index is 748. The zero-order valence-electron chi connectivity index (χ0n) is 12.9. The molecule has 0 bridgehead atoms. The molecule has 0 saturated heterocycles. The van der Waals surface area contributed by atoms with Crippen LogP contribution in [-0.2, 0) is 11.3 Å². The Kier molecular flexibility index (Phi) is 5.56. The number of aryl methyl sites for hydroxylation is 1. The lowest BCUT2D eigenvalue weighted by Gasteiger charge is -2.18. The Morgan fingerprint density at radius 2 is 2.21 bits per heavy atom. The van der Waals surface area contributed by atoms with Gasteiger partial charge in [-0.2, -0.15) is 5.10 Å². The number of aromatic nitrogens is 2. The predicted octanol–water partition coefficient (Wildman–Crippen LogP) is 2.73. The van der Waals surface area contributed by atoms with Crippen molar-refractivity contribution in [2.75, 3.05) is 0 Å². The van der Waals surface area contributed by atoms with Crippen molar-refractivity contribution in [3.63, 3.8) is 0 Å². The molecule has 0 saturated carbocycles. The monoisotopic (exact) mass is 338 g/mol. The minimum absolute atomic E-state index is 0.00622. The van der Waals surface area contributed by atoms with Gasteiger partial charge in [0.25, 0.3) is 0 Å². The molecule has 24 heavy (non-hydrogen) atoms. The molecule has 9 heteroatoms. The fourth-order valence-electron chi connectivity index (χ4n) is 2.23. The topological polar surface area (TPSA) is 90.1 Å². The van der Waals surface area contributed by atoms with Gasteiger partial charge in [0.2, 0.25) is 5.91 Å². The van der Waals surface area contributed by atoms with Crippen LogP contribution in [-0.4, -0.2) is 20.6 Å². The molecule has 2 rings (SSSR count). The van der Waals surface area contributed by atoms with Gasteiger partial charge >= 0.3 is 5.69 Å². The van der Waals surface area contributed by atoms with Gasteiger partial charge in [-0.15, -0.1) is 0 Å². The first kappa shape index (κ1) is 17.5. The maximum Gasteiger partial charge on any atom is 0.306 e. The quantitative estimate of drug-likeness (QED) is 0.621. The molecule has 2 aromatic rings. The summed E-state index contributed by atoms with van der Waals surface area (Å²) >= 11 is 0. The highest BCUT2D eigenvalue weighted by atomic mass is 19.1. The van der Waals surface area contributed by atoms with Gasteiger partial charge in [-0.1, -0.05) is 6.92 Å². The number of nitro groups is 1. The lowest BCUT2D eigenvalue weighted by Crippen LogP contribution is -2.29. The fourth-order valence-corrected chi connectivity index (χ4v) is 2.23. The average Bonchev–Trinajstić information content (AvgIpc) is 3.02. The van der Waals surface area contributed by atoms with Crippen molar-refractivity contribution in [2.24, 2.45) is 0 Å². The molecule has 1 amide bonds. The smallest absolute Gasteiger partial charge is 0.306 e. The second-order valence-electron chi connectivity index (χ2n) is 5.16. The summed E-state index contributed by atoms with van der Waals surface area (Å²) < 4.78 is 28.3. The van der Waals surface area contributed by atoms with E-state index in [9.17, 15) is 23.7 Å². The van der Waals surface area contributed by atoms with Gasteiger partial charge < -0.3 is 5.32 Å². The van der Waals surface area contributed by atoms with Crippen LogP contribution in [0.25, 0.3) is 0 Å². The van der Waals surface area contributed by atoms with Crippen LogP contribution >= 0.6 is 0 Å². The van der Waals surface area contributed by atoms with Crippen molar-refractivity contribution < 1.29 is 18.5 Å². The van der Waals surface area contributed by atoms with Crippen LogP contribution in [0, 0.1) is 21.7 Å². The number of amides is 1. The van der Waals surface area contributed by atoms with Gasteiger partial charge in [0.1, 0.15) is 24.0 Å². The molecule has 1 N–H and O–H groups in total. The van der Waals surface area contributed by atoms with Crippen molar-refractivity contribution >= 4 is 11.6 Å². The number of rotatable bonds is 7. The third-order valence-corrected chi connectivity index (χ3v) is 3.48. The molecule has 1 aromatic carbocycles. The maximum atomic E-state index is 13.8. The number of hydrogen-bond donors (Lipinski definition) is 1. The molecule has 1 atom stereocenters. The Labute approximate surface area is 136 Å². The van der Waals surface area contributed by atoms with Crippen molar-refractivity contribution in [1.82, 2.24) is 15.1 Å². The summed E-state index contributed by atoms with van der Waals surface area (Å²) in [4.78, 5) is 22.0. The number of carbonyl (C=O) groups excluding carboxylic acids is 1. The van der Waals surface area contributed by atoms with Crippen LogP contribution < -0.4 is 5.32 Å². The van der Waals surface area contributed by atoms with Crippen LogP contribution in [0.5, 0.6) is 0 Å². The van der Waals surface area contributed by atoms with E-state index in [0.29, 0.717) is 6.42 Å². The van der Waals surface area contributed by atoms with E-state index in [4.69, 9.17) is 0 Å². The van der Waals surface area contributed by atoms with E-state index in [1.54, 1.807) is 6.92 Å². The van der Waals surface area contributed by atoms with E-state index in [1.165, 1.54) is 10.9 Å². The second kappa shape index (κ2) is 7.62.